The van der Waals surface area contributed by atoms with E-state index in [1.54, 1.807) is 11.8 Å². The molecule has 0 bridgehead atoms. The third-order valence-corrected chi connectivity index (χ3v) is 4.30. The molecule has 1 N–H and O–H groups in total. The van der Waals surface area contributed by atoms with Crippen LogP contribution in [0.15, 0.2) is 35.3 Å². The number of esters is 1. The van der Waals surface area contributed by atoms with Crippen molar-refractivity contribution in [1.29, 1.82) is 0 Å². The first-order valence-electron chi connectivity index (χ1n) is 6.35. The number of amidine groups is 1. The van der Waals surface area contributed by atoms with Crippen molar-refractivity contribution in [1.82, 2.24) is 5.32 Å². The summed E-state index contributed by atoms with van der Waals surface area (Å²) in [6.07, 6.45) is 1.08. The van der Waals surface area contributed by atoms with Crippen molar-refractivity contribution in [3.63, 3.8) is 0 Å². The Hall–Kier alpha value is -1.49. The Kier molecular flexibility index (Phi) is 4.85. The summed E-state index contributed by atoms with van der Waals surface area (Å²) in [5.74, 6) is -0.297. The van der Waals surface area contributed by atoms with Crippen LogP contribution in [0.5, 0.6) is 0 Å². The average Bonchev–Trinajstić information content (AvgIpc) is 2.92. The third-order valence-electron chi connectivity index (χ3n) is 3.01. The molecule has 2 rings (SSSR count). The molecule has 0 saturated carbocycles. The molecule has 1 heterocycles. The first-order chi connectivity index (χ1) is 9.24. The molecule has 0 saturated heterocycles. The Balaban J connectivity index is 2.10. The second-order valence-electron chi connectivity index (χ2n) is 4.31. The lowest BCUT2D eigenvalue weighted by atomic mass is 10.1. The highest BCUT2D eigenvalue weighted by Gasteiger charge is 2.26. The number of nitrogens with one attached hydrogen (secondary N) is 1. The molecule has 4 nitrogen and oxygen atoms in total. The molecule has 0 fully saturated rings. The number of hydrogen-bond donors (Lipinski definition) is 1. The fraction of sp³-hybridized carbons (Fsp3) is 0.429. The highest BCUT2D eigenvalue weighted by atomic mass is 32.2. The molecule has 19 heavy (non-hydrogen) atoms. The van der Waals surface area contributed by atoms with E-state index in [4.69, 9.17) is 4.74 Å². The summed E-state index contributed by atoms with van der Waals surface area (Å²) in [5.41, 5.74) is 0.887. The molecular formula is C14H18N2O2S. The van der Waals surface area contributed by atoms with Crippen LogP contribution in [0.1, 0.15) is 24.9 Å². The minimum absolute atomic E-state index is 0.297. The van der Waals surface area contributed by atoms with Crippen LogP contribution in [-0.2, 0) is 9.53 Å². The van der Waals surface area contributed by atoms with Gasteiger partial charge in [-0.1, -0.05) is 49.0 Å². The molecule has 2 unspecified atom stereocenters. The molecule has 0 radical (unpaired) electrons. The summed E-state index contributed by atoms with van der Waals surface area (Å²) in [5, 5.41) is 4.52. The molecule has 0 aromatic heterocycles. The summed E-state index contributed by atoms with van der Waals surface area (Å²) in [6, 6.07) is 9.06. The molecule has 5 heteroatoms. The van der Waals surface area contributed by atoms with Crippen LogP contribution >= 0.6 is 11.8 Å². The molecule has 1 aromatic rings. The van der Waals surface area contributed by atoms with E-state index in [-0.39, 0.29) is 5.97 Å². The van der Waals surface area contributed by atoms with E-state index in [1.165, 1.54) is 7.11 Å². The van der Waals surface area contributed by atoms with Gasteiger partial charge in [-0.3, -0.25) is 4.99 Å². The van der Waals surface area contributed by atoms with E-state index in [9.17, 15) is 4.79 Å². The topological polar surface area (TPSA) is 50.7 Å². The second kappa shape index (κ2) is 6.61. The minimum atomic E-state index is -0.493. The van der Waals surface area contributed by atoms with Gasteiger partial charge in [-0.05, 0) is 12.0 Å². The lowest BCUT2D eigenvalue weighted by Crippen LogP contribution is -2.32. The number of methoxy groups -OCH3 is 1. The molecule has 1 aromatic carbocycles. The summed E-state index contributed by atoms with van der Waals surface area (Å²) in [7, 11) is 1.40. The van der Waals surface area contributed by atoms with E-state index < -0.39 is 6.04 Å². The van der Waals surface area contributed by atoms with Gasteiger partial charge in [0.25, 0.3) is 0 Å². The highest BCUT2D eigenvalue weighted by Crippen LogP contribution is 2.24. The van der Waals surface area contributed by atoms with Gasteiger partial charge < -0.3 is 10.1 Å². The maximum atomic E-state index is 11.9. The van der Waals surface area contributed by atoms with E-state index >= 15 is 0 Å². The van der Waals surface area contributed by atoms with Crippen LogP contribution in [0, 0.1) is 0 Å². The quantitative estimate of drug-likeness (QED) is 0.859. The monoisotopic (exact) mass is 278 g/mol. The van der Waals surface area contributed by atoms with Gasteiger partial charge in [-0.25, -0.2) is 4.79 Å². The molecular weight excluding hydrogens is 260 g/mol. The van der Waals surface area contributed by atoms with Gasteiger partial charge in [0.15, 0.2) is 11.2 Å². The van der Waals surface area contributed by atoms with Crippen LogP contribution in [0.25, 0.3) is 0 Å². The maximum absolute atomic E-state index is 11.9. The number of rotatable bonds is 4. The number of nitrogens with zero attached hydrogens (tertiary/aromatic N) is 1. The van der Waals surface area contributed by atoms with E-state index in [0.717, 1.165) is 23.7 Å². The molecule has 0 amide bonds. The first kappa shape index (κ1) is 13.9. The van der Waals surface area contributed by atoms with Crippen molar-refractivity contribution in [2.24, 2.45) is 4.99 Å². The van der Waals surface area contributed by atoms with Crippen LogP contribution in [0.2, 0.25) is 0 Å². The minimum Gasteiger partial charge on any atom is -0.467 e. The SMILES string of the molecule is CCC1CN=C(NC(C(=O)OC)c2ccccc2)S1. The van der Waals surface area contributed by atoms with Crippen molar-refractivity contribution in [2.75, 3.05) is 13.7 Å². The summed E-state index contributed by atoms with van der Waals surface area (Å²) in [6.45, 7) is 2.96. The molecule has 1 aliphatic heterocycles. The fourth-order valence-corrected chi connectivity index (χ4v) is 2.84. The Bertz CT molecular complexity index is 462. The molecule has 0 spiro atoms. The van der Waals surface area contributed by atoms with Crippen LogP contribution < -0.4 is 5.32 Å². The highest BCUT2D eigenvalue weighted by molar-refractivity contribution is 8.14. The average molecular weight is 278 g/mol. The van der Waals surface area contributed by atoms with Crippen molar-refractivity contribution < 1.29 is 9.53 Å². The van der Waals surface area contributed by atoms with E-state index in [1.807, 2.05) is 30.3 Å². The number of thioether (sulfide) groups is 1. The van der Waals surface area contributed by atoms with Gasteiger partial charge in [0, 0.05) is 5.25 Å². The lowest BCUT2D eigenvalue weighted by molar-refractivity contribution is -0.142. The predicted octanol–water partition coefficient (Wildman–Crippen LogP) is 2.37. The smallest absolute Gasteiger partial charge is 0.333 e. The van der Waals surface area contributed by atoms with Gasteiger partial charge in [0.1, 0.15) is 0 Å². The van der Waals surface area contributed by atoms with Gasteiger partial charge in [0.05, 0.1) is 13.7 Å². The van der Waals surface area contributed by atoms with Gasteiger partial charge in [-0.15, -0.1) is 0 Å². The number of carbonyl (C=O) groups is 1. The van der Waals surface area contributed by atoms with Crippen LogP contribution in [0.4, 0.5) is 0 Å². The molecule has 102 valence electrons. The Morgan fingerprint density at radius 1 is 1.53 bits per heavy atom. The van der Waals surface area contributed by atoms with Gasteiger partial charge in [0.2, 0.25) is 0 Å². The Morgan fingerprint density at radius 3 is 2.84 bits per heavy atom. The van der Waals surface area contributed by atoms with Crippen LogP contribution in [0.3, 0.4) is 0 Å². The van der Waals surface area contributed by atoms with E-state index in [0.29, 0.717) is 5.25 Å². The summed E-state index contributed by atoms with van der Waals surface area (Å²) < 4.78 is 4.86. The van der Waals surface area contributed by atoms with Crippen molar-refractivity contribution in [2.45, 2.75) is 24.6 Å². The molecule has 1 aliphatic rings. The van der Waals surface area contributed by atoms with Crippen LogP contribution in [-0.4, -0.2) is 30.0 Å². The van der Waals surface area contributed by atoms with Crippen molar-refractivity contribution in [3.8, 4) is 0 Å². The van der Waals surface area contributed by atoms with E-state index in [2.05, 4.69) is 17.2 Å². The first-order valence-corrected chi connectivity index (χ1v) is 7.23. The Labute approximate surface area is 117 Å². The van der Waals surface area contributed by atoms with Crippen molar-refractivity contribution in [3.05, 3.63) is 35.9 Å². The zero-order chi connectivity index (χ0) is 13.7. The largest absolute Gasteiger partial charge is 0.467 e. The summed E-state index contributed by atoms with van der Waals surface area (Å²) in [4.78, 5) is 16.3. The number of benzene rings is 1. The number of carbonyl (C=O) groups excluding carboxylic acids is 1. The predicted molar refractivity (Wildman–Crippen MR) is 78.3 cm³/mol. The molecule has 0 aliphatic carbocycles. The standard InChI is InChI=1S/C14H18N2O2S/c1-3-11-9-15-14(19-11)16-12(13(17)18-2)10-7-5-4-6-8-10/h4-8,11-12H,3,9H2,1-2H3,(H,15,16). The van der Waals surface area contributed by atoms with Crippen molar-refractivity contribution >= 4 is 22.9 Å². The number of aliphatic imine (C=N–C) groups is 1. The third kappa shape index (κ3) is 3.50. The zero-order valence-corrected chi connectivity index (χ0v) is 11.9. The lowest BCUT2D eigenvalue weighted by Gasteiger charge is -2.17. The number of ether oxygens (including phenoxy) is 1. The maximum Gasteiger partial charge on any atom is 0.333 e. The zero-order valence-electron chi connectivity index (χ0n) is 11.1. The second-order valence-corrected chi connectivity index (χ2v) is 5.59. The number of hydrogen-bond acceptors (Lipinski definition) is 5. The van der Waals surface area contributed by atoms with Gasteiger partial charge in [-0.2, -0.15) is 0 Å². The Morgan fingerprint density at radius 2 is 2.26 bits per heavy atom. The van der Waals surface area contributed by atoms with Gasteiger partial charge >= 0.3 is 5.97 Å². The normalized spacial score (nSPS) is 19.7. The fourth-order valence-electron chi connectivity index (χ4n) is 1.87. The summed E-state index contributed by atoms with van der Waals surface area (Å²) >= 11 is 1.69. The molecule has 2 atom stereocenters.